The second kappa shape index (κ2) is 8.68. The van der Waals surface area contributed by atoms with Gasteiger partial charge < -0.3 is 19.5 Å². The molecule has 2 heterocycles. The van der Waals surface area contributed by atoms with Crippen molar-refractivity contribution in [2.24, 2.45) is 0 Å². The number of amides is 2. The average Bonchev–Trinajstić information content (AvgIpc) is 3.30. The van der Waals surface area contributed by atoms with E-state index in [1.165, 1.54) is 0 Å². The molecule has 0 aliphatic carbocycles. The summed E-state index contributed by atoms with van der Waals surface area (Å²) in [6.45, 7) is 4.46. The molecule has 4 rings (SSSR count). The standard InChI is InChI=1S/C25H27N3O3/c1-17-11-12-18(2)28(17)21-9-6-8-20(15-21)26-25(30)22-13-14-24(29)27(22)16-19-7-4-5-10-23(19)31-3/h4-12,15,22H,13-14,16H2,1-3H3,(H,26,30). The number of carbonyl (C=O) groups is 2. The Morgan fingerprint density at radius 1 is 1.06 bits per heavy atom. The average molecular weight is 418 g/mol. The first-order valence-electron chi connectivity index (χ1n) is 10.5. The fourth-order valence-corrected chi connectivity index (χ4v) is 4.25. The zero-order valence-corrected chi connectivity index (χ0v) is 18.1. The van der Waals surface area contributed by atoms with Crippen LogP contribution in [0.1, 0.15) is 29.8 Å². The van der Waals surface area contributed by atoms with E-state index >= 15 is 0 Å². The monoisotopic (exact) mass is 417 g/mol. The Hall–Kier alpha value is -3.54. The van der Waals surface area contributed by atoms with Gasteiger partial charge in [-0.15, -0.1) is 0 Å². The topological polar surface area (TPSA) is 63.6 Å². The van der Waals surface area contributed by atoms with Crippen LogP contribution in [0.5, 0.6) is 5.75 Å². The van der Waals surface area contributed by atoms with Crippen molar-refractivity contribution in [2.75, 3.05) is 12.4 Å². The van der Waals surface area contributed by atoms with E-state index in [1.54, 1.807) is 12.0 Å². The molecule has 1 N–H and O–H groups in total. The lowest BCUT2D eigenvalue weighted by Gasteiger charge is -2.25. The van der Waals surface area contributed by atoms with Gasteiger partial charge in [0.2, 0.25) is 11.8 Å². The number of hydrogen-bond acceptors (Lipinski definition) is 3. The minimum absolute atomic E-state index is 0.0154. The summed E-state index contributed by atoms with van der Waals surface area (Å²) in [4.78, 5) is 27.3. The molecule has 0 saturated carbocycles. The van der Waals surface area contributed by atoms with Crippen molar-refractivity contribution in [3.05, 3.63) is 77.6 Å². The Morgan fingerprint density at radius 2 is 1.81 bits per heavy atom. The van der Waals surface area contributed by atoms with E-state index in [9.17, 15) is 9.59 Å². The maximum atomic E-state index is 13.1. The SMILES string of the molecule is COc1ccccc1CN1C(=O)CCC1C(=O)Nc1cccc(-n2c(C)ccc2C)c1. The molecule has 2 aromatic carbocycles. The molecule has 0 bridgehead atoms. The Labute approximate surface area is 182 Å². The van der Waals surface area contributed by atoms with Crippen LogP contribution in [0, 0.1) is 13.8 Å². The smallest absolute Gasteiger partial charge is 0.247 e. The maximum Gasteiger partial charge on any atom is 0.247 e. The van der Waals surface area contributed by atoms with Gasteiger partial charge in [-0.3, -0.25) is 9.59 Å². The Balaban J connectivity index is 1.53. The van der Waals surface area contributed by atoms with E-state index in [4.69, 9.17) is 4.74 Å². The van der Waals surface area contributed by atoms with Crippen LogP contribution >= 0.6 is 0 Å². The Kier molecular flexibility index (Phi) is 5.80. The third-order valence-electron chi connectivity index (χ3n) is 5.81. The summed E-state index contributed by atoms with van der Waals surface area (Å²) in [5.41, 5.74) is 4.85. The predicted octanol–water partition coefficient (Wildman–Crippen LogP) is 4.23. The van der Waals surface area contributed by atoms with Gasteiger partial charge in [0.15, 0.2) is 0 Å². The van der Waals surface area contributed by atoms with Crippen LogP contribution < -0.4 is 10.1 Å². The summed E-state index contributed by atoms with van der Waals surface area (Å²) in [5.74, 6) is 0.531. The van der Waals surface area contributed by atoms with Crippen molar-refractivity contribution >= 4 is 17.5 Å². The van der Waals surface area contributed by atoms with Gasteiger partial charge in [-0.25, -0.2) is 0 Å². The molecule has 160 valence electrons. The minimum atomic E-state index is -0.504. The van der Waals surface area contributed by atoms with Crippen molar-refractivity contribution in [1.29, 1.82) is 0 Å². The van der Waals surface area contributed by atoms with E-state index in [1.807, 2.05) is 48.5 Å². The molecule has 1 aromatic heterocycles. The third kappa shape index (κ3) is 4.19. The van der Waals surface area contributed by atoms with Crippen LogP contribution in [0.15, 0.2) is 60.7 Å². The third-order valence-corrected chi connectivity index (χ3v) is 5.81. The quantitative estimate of drug-likeness (QED) is 0.653. The van der Waals surface area contributed by atoms with Crippen LogP contribution in [-0.4, -0.2) is 34.4 Å². The summed E-state index contributed by atoms with van der Waals surface area (Å²) < 4.78 is 7.55. The van der Waals surface area contributed by atoms with Crippen LogP contribution in [-0.2, 0) is 16.1 Å². The number of aryl methyl sites for hydroxylation is 2. The van der Waals surface area contributed by atoms with Gasteiger partial charge in [-0.2, -0.15) is 0 Å². The van der Waals surface area contributed by atoms with Gasteiger partial charge >= 0.3 is 0 Å². The van der Waals surface area contributed by atoms with Crippen molar-refractivity contribution in [1.82, 2.24) is 9.47 Å². The molecule has 1 atom stereocenters. The number of anilines is 1. The molecule has 2 amide bonds. The number of rotatable bonds is 6. The summed E-state index contributed by atoms with van der Waals surface area (Å²) in [7, 11) is 1.61. The summed E-state index contributed by atoms with van der Waals surface area (Å²) in [6.07, 6.45) is 0.879. The number of likely N-dealkylation sites (tertiary alicyclic amines) is 1. The lowest BCUT2D eigenvalue weighted by Crippen LogP contribution is -2.41. The van der Waals surface area contributed by atoms with E-state index in [0.29, 0.717) is 30.8 Å². The number of hydrogen-bond donors (Lipinski definition) is 1. The highest BCUT2D eigenvalue weighted by Gasteiger charge is 2.36. The maximum absolute atomic E-state index is 13.1. The molecule has 1 unspecified atom stereocenters. The molecule has 0 radical (unpaired) electrons. The van der Waals surface area contributed by atoms with Gasteiger partial charge in [-0.05, 0) is 56.7 Å². The first-order chi connectivity index (χ1) is 15.0. The number of nitrogens with zero attached hydrogens (tertiary/aromatic N) is 2. The highest BCUT2D eigenvalue weighted by atomic mass is 16.5. The number of aromatic nitrogens is 1. The van der Waals surface area contributed by atoms with Crippen LogP contribution in [0.4, 0.5) is 5.69 Å². The normalized spacial score (nSPS) is 15.9. The molecule has 1 aliphatic heterocycles. The largest absolute Gasteiger partial charge is 0.496 e. The van der Waals surface area contributed by atoms with Crippen molar-refractivity contribution in [3.63, 3.8) is 0 Å². The first kappa shape index (κ1) is 20.7. The molecule has 31 heavy (non-hydrogen) atoms. The molecule has 1 saturated heterocycles. The molecular weight excluding hydrogens is 390 g/mol. The van der Waals surface area contributed by atoms with Crippen LogP contribution in [0.25, 0.3) is 5.69 Å². The van der Waals surface area contributed by atoms with Gasteiger partial charge in [0.1, 0.15) is 11.8 Å². The molecule has 6 heteroatoms. The van der Waals surface area contributed by atoms with Crippen molar-refractivity contribution in [3.8, 4) is 11.4 Å². The molecule has 0 spiro atoms. The number of benzene rings is 2. The van der Waals surface area contributed by atoms with E-state index in [-0.39, 0.29) is 11.8 Å². The second-order valence-electron chi connectivity index (χ2n) is 7.88. The van der Waals surface area contributed by atoms with Gasteiger partial charge in [-0.1, -0.05) is 24.3 Å². The fraction of sp³-hybridized carbons (Fsp3) is 0.280. The number of methoxy groups -OCH3 is 1. The van der Waals surface area contributed by atoms with Crippen molar-refractivity contribution < 1.29 is 14.3 Å². The van der Waals surface area contributed by atoms with Crippen molar-refractivity contribution in [2.45, 2.75) is 39.3 Å². The minimum Gasteiger partial charge on any atom is -0.496 e. The predicted molar refractivity (Wildman–Crippen MR) is 120 cm³/mol. The fourth-order valence-electron chi connectivity index (χ4n) is 4.25. The number of ether oxygens (including phenoxy) is 1. The van der Waals surface area contributed by atoms with Gasteiger partial charge in [0, 0.05) is 34.7 Å². The highest BCUT2D eigenvalue weighted by Crippen LogP contribution is 2.27. The summed E-state index contributed by atoms with van der Waals surface area (Å²) in [5, 5.41) is 3.01. The lowest BCUT2D eigenvalue weighted by molar-refractivity contribution is -0.133. The first-order valence-corrected chi connectivity index (χ1v) is 10.5. The van der Waals surface area contributed by atoms with E-state index in [2.05, 4.69) is 35.9 Å². The zero-order chi connectivity index (χ0) is 22.0. The van der Waals surface area contributed by atoms with Gasteiger partial charge in [0.25, 0.3) is 0 Å². The number of para-hydroxylation sites is 1. The Bertz CT molecular complexity index is 1100. The van der Waals surface area contributed by atoms with Crippen LogP contribution in [0.2, 0.25) is 0 Å². The molecule has 1 aliphatic rings. The van der Waals surface area contributed by atoms with E-state index < -0.39 is 6.04 Å². The Morgan fingerprint density at radius 3 is 2.55 bits per heavy atom. The molecule has 1 fully saturated rings. The lowest BCUT2D eigenvalue weighted by atomic mass is 10.1. The second-order valence-corrected chi connectivity index (χ2v) is 7.88. The molecule has 6 nitrogen and oxygen atoms in total. The van der Waals surface area contributed by atoms with E-state index in [0.717, 1.165) is 22.6 Å². The summed E-state index contributed by atoms with van der Waals surface area (Å²) >= 11 is 0. The van der Waals surface area contributed by atoms with Crippen LogP contribution in [0.3, 0.4) is 0 Å². The number of carbonyl (C=O) groups excluding carboxylic acids is 2. The van der Waals surface area contributed by atoms with Gasteiger partial charge in [0.05, 0.1) is 13.7 Å². The summed E-state index contributed by atoms with van der Waals surface area (Å²) in [6, 6.07) is 19.0. The molecule has 3 aromatic rings. The highest BCUT2D eigenvalue weighted by molar-refractivity contribution is 5.99. The number of nitrogens with one attached hydrogen (secondary N) is 1. The molecular formula is C25H27N3O3. The zero-order valence-electron chi connectivity index (χ0n) is 18.1.